The molecule has 1 heterocycles. The van der Waals surface area contributed by atoms with E-state index in [-0.39, 0.29) is 0 Å². The van der Waals surface area contributed by atoms with Crippen LogP contribution in [-0.2, 0) is 6.54 Å². The highest BCUT2D eigenvalue weighted by atomic mass is 32.2. The molecule has 1 aromatic carbocycles. The van der Waals surface area contributed by atoms with E-state index >= 15 is 0 Å². The molecule has 1 saturated heterocycles. The Morgan fingerprint density at radius 2 is 2.18 bits per heavy atom. The number of guanidine groups is 1. The van der Waals surface area contributed by atoms with E-state index in [0.717, 1.165) is 24.3 Å². The molecule has 2 N–H and O–H groups in total. The second-order valence-corrected chi connectivity index (χ2v) is 7.36. The summed E-state index contributed by atoms with van der Waals surface area (Å²) in [7, 11) is 5.97. The van der Waals surface area contributed by atoms with Crippen molar-refractivity contribution < 1.29 is 0 Å². The van der Waals surface area contributed by atoms with Gasteiger partial charge >= 0.3 is 0 Å². The average Bonchev–Trinajstić information content (AvgIpc) is 3.01. The van der Waals surface area contributed by atoms with Crippen LogP contribution in [-0.4, -0.2) is 44.7 Å². The molecule has 1 fully saturated rings. The van der Waals surface area contributed by atoms with Crippen LogP contribution in [0.4, 0.5) is 5.69 Å². The fourth-order valence-corrected chi connectivity index (χ4v) is 3.77. The van der Waals surface area contributed by atoms with Crippen molar-refractivity contribution in [3.63, 3.8) is 0 Å². The van der Waals surface area contributed by atoms with E-state index in [1.54, 1.807) is 0 Å². The molecule has 5 heteroatoms. The molecule has 0 aliphatic carbocycles. The topological polar surface area (TPSA) is 39.7 Å². The summed E-state index contributed by atoms with van der Waals surface area (Å²) in [6.45, 7) is 3.97. The minimum atomic E-state index is 0.736. The molecule has 0 radical (unpaired) electrons. The highest BCUT2D eigenvalue weighted by Gasteiger charge is 2.15. The van der Waals surface area contributed by atoms with Crippen LogP contribution < -0.4 is 15.5 Å². The summed E-state index contributed by atoms with van der Waals surface area (Å²) < 4.78 is 0. The molecule has 1 atom stereocenters. The lowest BCUT2D eigenvalue weighted by Gasteiger charge is -2.17. The molecular weight excluding hydrogens is 292 g/mol. The van der Waals surface area contributed by atoms with E-state index in [0.29, 0.717) is 0 Å². The van der Waals surface area contributed by atoms with Crippen LogP contribution in [0.25, 0.3) is 0 Å². The van der Waals surface area contributed by atoms with Crippen LogP contribution in [0.5, 0.6) is 0 Å². The number of hydrogen-bond acceptors (Lipinski definition) is 3. The van der Waals surface area contributed by atoms with Crippen molar-refractivity contribution in [3.8, 4) is 0 Å². The minimum absolute atomic E-state index is 0.736. The first-order valence-electron chi connectivity index (χ1n) is 7.93. The second kappa shape index (κ2) is 8.32. The Hall–Kier alpha value is -1.36. The molecule has 0 spiro atoms. The summed E-state index contributed by atoms with van der Waals surface area (Å²) in [6, 6.07) is 6.58. The molecule has 0 saturated carbocycles. The molecule has 0 aromatic heterocycles. The molecule has 1 unspecified atom stereocenters. The Kier molecular flexibility index (Phi) is 6.43. The molecule has 1 aliphatic rings. The zero-order valence-electron chi connectivity index (χ0n) is 14.1. The number of rotatable bonds is 5. The third-order valence-electron chi connectivity index (χ3n) is 4.03. The lowest BCUT2D eigenvalue weighted by molar-refractivity contribution is 0.725. The van der Waals surface area contributed by atoms with Crippen LogP contribution in [0.15, 0.2) is 23.2 Å². The van der Waals surface area contributed by atoms with Gasteiger partial charge in [0.25, 0.3) is 0 Å². The molecule has 1 aliphatic heterocycles. The number of anilines is 1. The Morgan fingerprint density at radius 3 is 2.77 bits per heavy atom. The molecule has 0 amide bonds. The third kappa shape index (κ3) is 4.83. The van der Waals surface area contributed by atoms with Crippen LogP contribution in [0.2, 0.25) is 0 Å². The molecule has 1 aromatic rings. The molecule has 2 rings (SSSR count). The summed E-state index contributed by atoms with van der Waals surface area (Å²) in [5.74, 6) is 2.19. The highest BCUT2D eigenvalue weighted by molar-refractivity contribution is 8.00. The minimum Gasteiger partial charge on any atom is -0.378 e. The Labute approximate surface area is 138 Å². The standard InChI is InChI=1S/C17H28N4S/c1-13-10-15(21(3)4)8-7-14(13)11-19-17(18-2)20-12-16-6-5-9-22-16/h7-8,10,16H,5-6,9,11-12H2,1-4H3,(H2,18,19,20). The van der Waals surface area contributed by atoms with Crippen molar-refractivity contribution in [2.24, 2.45) is 4.99 Å². The summed E-state index contributed by atoms with van der Waals surface area (Å²) in [5.41, 5.74) is 3.85. The van der Waals surface area contributed by atoms with Crippen LogP contribution in [0, 0.1) is 6.92 Å². The Bertz CT molecular complexity index is 507. The van der Waals surface area contributed by atoms with E-state index in [1.165, 1.54) is 35.4 Å². The van der Waals surface area contributed by atoms with Crippen LogP contribution in [0.1, 0.15) is 24.0 Å². The molecule has 122 valence electrons. The third-order valence-corrected chi connectivity index (χ3v) is 5.43. The van der Waals surface area contributed by atoms with E-state index in [2.05, 4.69) is 71.5 Å². The monoisotopic (exact) mass is 320 g/mol. The van der Waals surface area contributed by atoms with Gasteiger partial charge < -0.3 is 15.5 Å². The Morgan fingerprint density at radius 1 is 1.36 bits per heavy atom. The van der Waals surface area contributed by atoms with Crippen molar-refractivity contribution in [1.82, 2.24) is 10.6 Å². The first kappa shape index (κ1) is 17.0. The van der Waals surface area contributed by atoms with Crippen molar-refractivity contribution in [1.29, 1.82) is 0 Å². The van der Waals surface area contributed by atoms with Crippen molar-refractivity contribution in [2.45, 2.75) is 31.6 Å². The van der Waals surface area contributed by atoms with Gasteiger partial charge in [0.15, 0.2) is 5.96 Å². The second-order valence-electron chi connectivity index (χ2n) is 5.95. The number of thioether (sulfide) groups is 1. The highest BCUT2D eigenvalue weighted by Crippen LogP contribution is 2.25. The van der Waals surface area contributed by atoms with Gasteiger partial charge in [0.05, 0.1) is 0 Å². The van der Waals surface area contributed by atoms with Gasteiger partial charge in [-0.15, -0.1) is 0 Å². The maximum absolute atomic E-state index is 4.32. The zero-order chi connectivity index (χ0) is 15.9. The molecule has 22 heavy (non-hydrogen) atoms. The summed E-state index contributed by atoms with van der Waals surface area (Å²) >= 11 is 2.07. The smallest absolute Gasteiger partial charge is 0.191 e. The lowest BCUT2D eigenvalue weighted by atomic mass is 10.1. The van der Waals surface area contributed by atoms with Crippen LogP contribution >= 0.6 is 11.8 Å². The van der Waals surface area contributed by atoms with E-state index in [4.69, 9.17) is 0 Å². The summed E-state index contributed by atoms with van der Waals surface area (Å²) in [6.07, 6.45) is 2.67. The first-order chi connectivity index (χ1) is 10.6. The van der Waals surface area contributed by atoms with Crippen molar-refractivity contribution >= 4 is 23.4 Å². The maximum atomic E-state index is 4.32. The van der Waals surface area contributed by atoms with E-state index in [9.17, 15) is 0 Å². The van der Waals surface area contributed by atoms with Gasteiger partial charge in [-0.3, -0.25) is 4.99 Å². The number of nitrogens with zero attached hydrogens (tertiary/aromatic N) is 2. The van der Waals surface area contributed by atoms with Crippen molar-refractivity contribution in [3.05, 3.63) is 29.3 Å². The normalized spacial score (nSPS) is 18.4. The summed E-state index contributed by atoms with van der Waals surface area (Å²) in [4.78, 5) is 6.45. The zero-order valence-corrected chi connectivity index (χ0v) is 15.0. The lowest BCUT2D eigenvalue weighted by Crippen LogP contribution is -2.39. The van der Waals surface area contributed by atoms with Crippen molar-refractivity contribution in [2.75, 3.05) is 38.3 Å². The fraction of sp³-hybridized carbons (Fsp3) is 0.588. The quantitative estimate of drug-likeness (QED) is 0.646. The predicted octanol–water partition coefficient (Wildman–Crippen LogP) is 2.62. The van der Waals surface area contributed by atoms with E-state index in [1.807, 2.05) is 7.05 Å². The number of nitrogens with one attached hydrogen (secondary N) is 2. The number of hydrogen-bond donors (Lipinski definition) is 2. The fourth-order valence-electron chi connectivity index (χ4n) is 2.57. The molecular formula is C17H28N4S. The first-order valence-corrected chi connectivity index (χ1v) is 8.98. The van der Waals surface area contributed by atoms with Gasteiger partial charge in [0.1, 0.15) is 0 Å². The molecule has 4 nitrogen and oxygen atoms in total. The number of aliphatic imine (C=N–C) groups is 1. The molecule has 0 bridgehead atoms. The number of benzene rings is 1. The SMILES string of the molecule is CN=C(NCc1ccc(N(C)C)cc1C)NCC1CCCS1. The van der Waals surface area contributed by atoms with Gasteiger partial charge in [-0.05, 0) is 48.8 Å². The largest absolute Gasteiger partial charge is 0.378 e. The van der Waals surface area contributed by atoms with Gasteiger partial charge in [0, 0.05) is 45.2 Å². The van der Waals surface area contributed by atoms with Gasteiger partial charge in [0.2, 0.25) is 0 Å². The average molecular weight is 321 g/mol. The summed E-state index contributed by atoms with van der Waals surface area (Å²) in [5, 5.41) is 7.59. The van der Waals surface area contributed by atoms with Gasteiger partial charge in [-0.25, -0.2) is 0 Å². The van der Waals surface area contributed by atoms with Gasteiger partial charge in [-0.1, -0.05) is 6.07 Å². The number of aryl methyl sites for hydroxylation is 1. The van der Waals surface area contributed by atoms with E-state index < -0.39 is 0 Å². The predicted molar refractivity (Wildman–Crippen MR) is 99.2 cm³/mol. The Balaban J connectivity index is 1.84. The maximum Gasteiger partial charge on any atom is 0.191 e. The van der Waals surface area contributed by atoms with Crippen LogP contribution in [0.3, 0.4) is 0 Å². The van der Waals surface area contributed by atoms with Gasteiger partial charge in [-0.2, -0.15) is 11.8 Å².